The summed E-state index contributed by atoms with van der Waals surface area (Å²) in [4.78, 5) is 0. The fraction of sp³-hybridized carbons (Fsp3) is 0.333. The molecular formula is C9H12OSe. The maximum absolute atomic E-state index is 5.05. The van der Waals surface area contributed by atoms with Crippen LogP contribution in [0.15, 0.2) is 24.3 Å². The van der Waals surface area contributed by atoms with Crippen molar-refractivity contribution < 1.29 is 4.74 Å². The Bertz CT molecular complexity index is 205. The summed E-state index contributed by atoms with van der Waals surface area (Å²) in [5.41, 5.74) is 1.41. The van der Waals surface area contributed by atoms with Crippen LogP contribution in [0.5, 0.6) is 5.75 Å². The van der Waals surface area contributed by atoms with E-state index in [0.29, 0.717) is 0 Å². The molecule has 0 heterocycles. The van der Waals surface area contributed by atoms with Gasteiger partial charge in [0.1, 0.15) is 0 Å². The van der Waals surface area contributed by atoms with Gasteiger partial charge in [0.25, 0.3) is 0 Å². The molecule has 1 nitrogen and oxygen atoms in total. The summed E-state index contributed by atoms with van der Waals surface area (Å²) in [6.07, 6.45) is 0. The molecule has 0 unspecified atom stereocenters. The number of methoxy groups -OCH3 is 1. The summed E-state index contributed by atoms with van der Waals surface area (Å²) < 4.78 is 5.05. The minimum atomic E-state index is 0.731. The van der Waals surface area contributed by atoms with E-state index in [1.807, 2.05) is 12.1 Å². The third kappa shape index (κ3) is 2.57. The van der Waals surface area contributed by atoms with Crippen LogP contribution >= 0.6 is 0 Å². The Morgan fingerprint density at radius 2 is 1.91 bits per heavy atom. The summed E-state index contributed by atoms with van der Waals surface area (Å²) in [6, 6.07) is 8.29. The second-order valence-electron chi connectivity index (χ2n) is 2.28. The molecule has 0 radical (unpaired) electrons. The van der Waals surface area contributed by atoms with Crippen molar-refractivity contribution in [3.63, 3.8) is 0 Å². The molecule has 0 saturated carbocycles. The van der Waals surface area contributed by atoms with Crippen molar-refractivity contribution >= 4 is 15.0 Å². The van der Waals surface area contributed by atoms with E-state index < -0.39 is 0 Å². The van der Waals surface area contributed by atoms with Crippen molar-refractivity contribution in [3.05, 3.63) is 29.8 Å². The van der Waals surface area contributed by atoms with Gasteiger partial charge in [-0.3, -0.25) is 0 Å². The number of rotatable bonds is 3. The first-order valence-electron chi connectivity index (χ1n) is 3.48. The Labute approximate surface area is 73.9 Å². The van der Waals surface area contributed by atoms with Gasteiger partial charge in [0, 0.05) is 0 Å². The molecular weight excluding hydrogens is 203 g/mol. The zero-order valence-electron chi connectivity index (χ0n) is 6.83. The van der Waals surface area contributed by atoms with Gasteiger partial charge in [-0.05, 0) is 0 Å². The van der Waals surface area contributed by atoms with Crippen molar-refractivity contribution in [3.8, 4) is 5.75 Å². The van der Waals surface area contributed by atoms with Crippen LogP contribution in [0.25, 0.3) is 0 Å². The molecule has 0 aliphatic heterocycles. The molecule has 2 heteroatoms. The molecule has 0 bridgehead atoms. The van der Waals surface area contributed by atoms with Crippen LogP contribution in [0.1, 0.15) is 5.56 Å². The topological polar surface area (TPSA) is 9.23 Å². The van der Waals surface area contributed by atoms with Crippen LogP contribution < -0.4 is 4.74 Å². The maximum atomic E-state index is 5.05. The van der Waals surface area contributed by atoms with Crippen LogP contribution in [-0.2, 0) is 5.32 Å². The molecule has 1 aromatic carbocycles. The van der Waals surface area contributed by atoms with E-state index in [2.05, 4.69) is 18.0 Å². The molecule has 1 rings (SSSR count). The summed E-state index contributed by atoms with van der Waals surface area (Å²) in [5.74, 6) is 3.19. The number of benzene rings is 1. The number of ether oxygens (including phenoxy) is 1. The minimum absolute atomic E-state index is 0.731. The van der Waals surface area contributed by atoms with Crippen LogP contribution in [-0.4, -0.2) is 22.1 Å². The molecule has 0 aliphatic rings. The van der Waals surface area contributed by atoms with Crippen LogP contribution in [0.3, 0.4) is 0 Å². The van der Waals surface area contributed by atoms with E-state index in [1.54, 1.807) is 7.11 Å². The molecule has 1 aromatic rings. The van der Waals surface area contributed by atoms with Crippen molar-refractivity contribution in [1.82, 2.24) is 0 Å². The second kappa shape index (κ2) is 4.42. The number of hydrogen-bond donors (Lipinski definition) is 0. The Hall–Kier alpha value is -0.461. The fourth-order valence-electron chi connectivity index (χ4n) is 0.888. The first kappa shape index (κ1) is 8.63. The van der Waals surface area contributed by atoms with E-state index in [-0.39, 0.29) is 0 Å². The van der Waals surface area contributed by atoms with Gasteiger partial charge in [-0.1, -0.05) is 0 Å². The Balaban J connectivity index is 2.66. The number of hydrogen-bond acceptors (Lipinski definition) is 1. The standard InChI is InChI=1S/C9H12OSe/c1-10-9-5-3-8(4-6-9)7-11-2/h3-6H,7H2,1-2H3. The second-order valence-corrected chi connectivity index (χ2v) is 4.10. The monoisotopic (exact) mass is 216 g/mol. The molecule has 0 amide bonds. The van der Waals surface area contributed by atoms with Crippen LogP contribution in [0.4, 0.5) is 0 Å². The third-order valence-electron chi connectivity index (χ3n) is 1.47. The molecule has 11 heavy (non-hydrogen) atoms. The molecule has 0 fully saturated rings. The average molecular weight is 215 g/mol. The van der Waals surface area contributed by atoms with Gasteiger partial charge in [0.15, 0.2) is 0 Å². The van der Waals surface area contributed by atoms with E-state index >= 15 is 0 Å². The van der Waals surface area contributed by atoms with Gasteiger partial charge in [-0.25, -0.2) is 0 Å². The summed E-state index contributed by atoms with van der Waals surface area (Å²) in [6.45, 7) is 0. The van der Waals surface area contributed by atoms with Crippen LogP contribution in [0, 0.1) is 0 Å². The summed E-state index contributed by atoms with van der Waals surface area (Å²) in [5, 5.41) is 1.22. The molecule has 0 aromatic heterocycles. The molecule has 0 N–H and O–H groups in total. The third-order valence-corrected chi connectivity index (χ3v) is 2.78. The van der Waals surface area contributed by atoms with E-state index in [4.69, 9.17) is 4.74 Å². The fourth-order valence-corrected chi connectivity index (χ4v) is 1.99. The first-order valence-corrected chi connectivity index (χ1v) is 6.41. The summed E-state index contributed by atoms with van der Waals surface area (Å²) in [7, 11) is 1.69. The van der Waals surface area contributed by atoms with Gasteiger partial charge >= 0.3 is 73.5 Å². The predicted octanol–water partition coefficient (Wildman–Crippen LogP) is 1.95. The molecule has 0 saturated heterocycles. The van der Waals surface area contributed by atoms with Crippen molar-refractivity contribution in [2.24, 2.45) is 0 Å². The zero-order valence-corrected chi connectivity index (χ0v) is 8.55. The first-order chi connectivity index (χ1) is 5.36. The van der Waals surface area contributed by atoms with Crippen molar-refractivity contribution in [2.45, 2.75) is 11.1 Å². The molecule has 0 aliphatic carbocycles. The molecule has 0 atom stereocenters. The molecule has 60 valence electrons. The quantitative estimate of drug-likeness (QED) is 0.700. The Kier molecular flexibility index (Phi) is 3.47. The van der Waals surface area contributed by atoms with Gasteiger partial charge in [0.05, 0.1) is 0 Å². The van der Waals surface area contributed by atoms with E-state index in [0.717, 1.165) is 20.7 Å². The van der Waals surface area contributed by atoms with Crippen LogP contribution in [0.2, 0.25) is 5.82 Å². The van der Waals surface area contributed by atoms with Crippen molar-refractivity contribution in [1.29, 1.82) is 0 Å². The Morgan fingerprint density at radius 3 is 2.36 bits per heavy atom. The summed E-state index contributed by atoms with van der Waals surface area (Å²) >= 11 is 0.731. The normalized spacial score (nSPS) is 9.64. The van der Waals surface area contributed by atoms with Gasteiger partial charge in [-0.15, -0.1) is 0 Å². The van der Waals surface area contributed by atoms with Crippen molar-refractivity contribution in [2.75, 3.05) is 7.11 Å². The van der Waals surface area contributed by atoms with E-state index in [1.165, 1.54) is 10.9 Å². The van der Waals surface area contributed by atoms with Gasteiger partial charge in [-0.2, -0.15) is 0 Å². The zero-order chi connectivity index (χ0) is 8.10. The molecule has 0 spiro atoms. The van der Waals surface area contributed by atoms with E-state index in [9.17, 15) is 0 Å². The van der Waals surface area contributed by atoms with Gasteiger partial charge in [0.2, 0.25) is 0 Å². The van der Waals surface area contributed by atoms with Gasteiger partial charge < -0.3 is 0 Å². The average Bonchev–Trinajstić information content (AvgIpc) is 2.07. The predicted molar refractivity (Wildman–Crippen MR) is 48.3 cm³/mol. The Morgan fingerprint density at radius 1 is 1.27 bits per heavy atom. The SMILES string of the molecule is COc1ccc(C[Se]C)cc1.